The molecule has 1 aliphatic heterocycles. The lowest BCUT2D eigenvalue weighted by molar-refractivity contribution is -0.386. The van der Waals surface area contributed by atoms with Crippen molar-refractivity contribution in [1.29, 1.82) is 0 Å². The fraction of sp³-hybridized carbons (Fsp3) is 0.545. The summed E-state index contributed by atoms with van der Waals surface area (Å²) < 4.78 is 6.80. The van der Waals surface area contributed by atoms with Crippen LogP contribution in [0.4, 0.5) is 5.69 Å². The van der Waals surface area contributed by atoms with Crippen LogP contribution in [0, 0.1) is 17.0 Å². The van der Waals surface area contributed by atoms with E-state index in [1.807, 2.05) is 0 Å². The lowest BCUT2D eigenvalue weighted by atomic mass is 10.2. The molecule has 1 saturated heterocycles. The molecule has 6 nitrogen and oxygen atoms in total. The fourth-order valence-electron chi connectivity index (χ4n) is 2.10. The molecule has 2 heterocycles. The van der Waals surface area contributed by atoms with Crippen LogP contribution in [-0.4, -0.2) is 22.2 Å². The summed E-state index contributed by atoms with van der Waals surface area (Å²) in [7, 11) is 0. The Morgan fingerprint density at radius 2 is 2.39 bits per heavy atom. The van der Waals surface area contributed by atoms with Crippen molar-refractivity contribution >= 4 is 17.3 Å². The Bertz CT molecular complexity index is 535. The van der Waals surface area contributed by atoms with Gasteiger partial charge < -0.3 is 9.30 Å². The van der Waals surface area contributed by atoms with Crippen LogP contribution in [0.3, 0.4) is 0 Å². The van der Waals surface area contributed by atoms with Crippen LogP contribution in [0.5, 0.6) is 0 Å². The first-order valence-electron chi connectivity index (χ1n) is 5.66. The highest BCUT2D eigenvalue weighted by Crippen LogP contribution is 2.22. The van der Waals surface area contributed by atoms with E-state index in [0.717, 1.165) is 12.8 Å². The Morgan fingerprint density at radius 1 is 1.67 bits per heavy atom. The van der Waals surface area contributed by atoms with E-state index in [4.69, 9.17) is 16.3 Å². The highest BCUT2D eigenvalue weighted by Gasteiger charge is 2.24. The van der Waals surface area contributed by atoms with Crippen molar-refractivity contribution in [1.82, 2.24) is 4.57 Å². The van der Waals surface area contributed by atoms with Gasteiger partial charge in [0.1, 0.15) is 5.02 Å². The number of rotatable bonds is 3. The molecular formula is C11H13ClN2O4. The molecule has 0 saturated carbocycles. The van der Waals surface area contributed by atoms with E-state index in [0.29, 0.717) is 18.8 Å². The third-order valence-electron chi connectivity index (χ3n) is 3.03. The standard InChI is InChI=1S/C11H13ClN2O4/c1-7-5-9(12)10(14(16)17)11(15)13(7)6-8-3-2-4-18-8/h5,8H,2-4,6H2,1H3/t8-/m0/s1. The topological polar surface area (TPSA) is 74.4 Å². The third-order valence-corrected chi connectivity index (χ3v) is 3.32. The number of ether oxygens (including phenoxy) is 1. The van der Waals surface area contributed by atoms with Crippen LogP contribution >= 0.6 is 11.6 Å². The molecule has 1 aromatic rings. The van der Waals surface area contributed by atoms with Gasteiger partial charge in [0.2, 0.25) is 0 Å². The van der Waals surface area contributed by atoms with Crippen molar-refractivity contribution in [2.45, 2.75) is 32.4 Å². The third kappa shape index (κ3) is 2.39. The summed E-state index contributed by atoms with van der Waals surface area (Å²) in [6.07, 6.45) is 1.76. The first-order valence-corrected chi connectivity index (χ1v) is 6.04. The smallest absolute Gasteiger partial charge is 0.352 e. The highest BCUT2D eigenvalue weighted by atomic mass is 35.5. The van der Waals surface area contributed by atoms with Crippen LogP contribution in [-0.2, 0) is 11.3 Å². The van der Waals surface area contributed by atoms with Crippen LogP contribution in [0.25, 0.3) is 0 Å². The minimum atomic E-state index is -0.740. The van der Waals surface area contributed by atoms with Gasteiger partial charge in [-0.3, -0.25) is 14.9 Å². The summed E-state index contributed by atoms with van der Waals surface area (Å²) in [5.41, 5.74) is -0.633. The van der Waals surface area contributed by atoms with E-state index >= 15 is 0 Å². The molecular weight excluding hydrogens is 260 g/mol. The van der Waals surface area contributed by atoms with Gasteiger partial charge in [-0.25, -0.2) is 0 Å². The Balaban J connectivity index is 2.43. The SMILES string of the molecule is Cc1cc(Cl)c([N+](=O)[O-])c(=O)n1C[C@@H]1CCCO1. The summed E-state index contributed by atoms with van der Waals surface area (Å²) in [4.78, 5) is 22.1. The van der Waals surface area contributed by atoms with Gasteiger partial charge in [-0.15, -0.1) is 0 Å². The molecule has 98 valence electrons. The van der Waals surface area contributed by atoms with E-state index < -0.39 is 16.2 Å². The number of aromatic nitrogens is 1. The average molecular weight is 273 g/mol. The largest absolute Gasteiger partial charge is 0.376 e. The maximum Gasteiger partial charge on any atom is 0.352 e. The molecule has 7 heteroatoms. The lowest BCUT2D eigenvalue weighted by Crippen LogP contribution is -2.29. The second-order valence-electron chi connectivity index (χ2n) is 4.29. The van der Waals surface area contributed by atoms with Gasteiger partial charge in [0.25, 0.3) is 0 Å². The van der Waals surface area contributed by atoms with Gasteiger partial charge in [-0.1, -0.05) is 11.6 Å². The van der Waals surface area contributed by atoms with Crippen molar-refractivity contribution in [3.8, 4) is 0 Å². The zero-order valence-electron chi connectivity index (χ0n) is 9.89. The quantitative estimate of drug-likeness (QED) is 0.622. The summed E-state index contributed by atoms with van der Waals surface area (Å²) in [6.45, 7) is 2.71. The molecule has 0 aliphatic carbocycles. The van der Waals surface area contributed by atoms with Gasteiger partial charge in [0, 0.05) is 12.3 Å². The predicted molar refractivity (Wildman–Crippen MR) is 66.1 cm³/mol. The van der Waals surface area contributed by atoms with Gasteiger partial charge in [-0.2, -0.15) is 0 Å². The van der Waals surface area contributed by atoms with Gasteiger partial charge in [0.15, 0.2) is 0 Å². The van der Waals surface area contributed by atoms with E-state index in [2.05, 4.69) is 0 Å². The van der Waals surface area contributed by atoms with E-state index in [9.17, 15) is 14.9 Å². The van der Waals surface area contributed by atoms with Crippen molar-refractivity contribution in [2.75, 3.05) is 6.61 Å². The van der Waals surface area contributed by atoms with Crippen LogP contribution in [0.15, 0.2) is 10.9 Å². The monoisotopic (exact) mass is 272 g/mol. The number of halogens is 1. The van der Waals surface area contributed by atoms with E-state index in [-0.39, 0.29) is 11.1 Å². The second kappa shape index (κ2) is 5.07. The summed E-state index contributed by atoms with van der Waals surface area (Å²) in [5.74, 6) is 0. The zero-order valence-corrected chi connectivity index (χ0v) is 10.6. The maximum absolute atomic E-state index is 12.0. The first kappa shape index (κ1) is 13.0. The molecule has 2 rings (SSSR count). The predicted octanol–water partition coefficient (Wildman–Crippen LogP) is 1.90. The molecule has 0 unspecified atom stereocenters. The summed E-state index contributed by atoms with van der Waals surface area (Å²) in [6, 6.07) is 1.44. The van der Waals surface area contributed by atoms with Crippen molar-refractivity contribution in [2.24, 2.45) is 0 Å². The number of nitrogens with zero attached hydrogens (tertiary/aromatic N) is 2. The molecule has 18 heavy (non-hydrogen) atoms. The van der Waals surface area contributed by atoms with E-state index in [1.54, 1.807) is 6.92 Å². The molecule has 0 bridgehead atoms. The van der Waals surface area contributed by atoms with Crippen molar-refractivity contribution in [3.63, 3.8) is 0 Å². The molecule has 1 aliphatic rings. The van der Waals surface area contributed by atoms with Crippen LogP contribution in [0.1, 0.15) is 18.5 Å². The molecule has 1 aromatic heterocycles. The maximum atomic E-state index is 12.0. The average Bonchev–Trinajstić information content (AvgIpc) is 2.75. The Morgan fingerprint density at radius 3 is 2.94 bits per heavy atom. The fourth-order valence-corrected chi connectivity index (χ4v) is 2.41. The summed E-state index contributed by atoms with van der Waals surface area (Å²) >= 11 is 5.73. The molecule has 1 atom stereocenters. The number of aryl methyl sites for hydroxylation is 1. The van der Waals surface area contributed by atoms with Crippen LogP contribution in [0.2, 0.25) is 5.02 Å². The minimum Gasteiger partial charge on any atom is -0.376 e. The number of hydrogen-bond acceptors (Lipinski definition) is 4. The second-order valence-corrected chi connectivity index (χ2v) is 4.70. The first-order chi connectivity index (χ1) is 8.50. The normalized spacial score (nSPS) is 19.1. The molecule has 0 N–H and O–H groups in total. The molecule has 0 amide bonds. The number of nitro groups is 1. The summed E-state index contributed by atoms with van der Waals surface area (Å²) in [5, 5.41) is 10.7. The van der Waals surface area contributed by atoms with E-state index in [1.165, 1.54) is 10.6 Å². The van der Waals surface area contributed by atoms with Crippen molar-refractivity contribution in [3.05, 3.63) is 37.3 Å². The Hall–Kier alpha value is -1.40. The van der Waals surface area contributed by atoms with Crippen LogP contribution < -0.4 is 5.56 Å². The van der Waals surface area contributed by atoms with Crippen molar-refractivity contribution < 1.29 is 9.66 Å². The Labute approximate surface area is 108 Å². The zero-order chi connectivity index (χ0) is 13.3. The Kier molecular flexibility index (Phi) is 3.68. The molecule has 0 spiro atoms. The van der Waals surface area contributed by atoms with Gasteiger partial charge in [-0.05, 0) is 25.8 Å². The van der Waals surface area contributed by atoms with Gasteiger partial charge >= 0.3 is 11.2 Å². The number of hydrogen-bond donors (Lipinski definition) is 0. The molecule has 0 aromatic carbocycles. The minimum absolute atomic E-state index is 0.0535. The van der Waals surface area contributed by atoms with Gasteiger partial charge in [0.05, 0.1) is 17.6 Å². The lowest BCUT2D eigenvalue weighted by Gasteiger charge is -2.14. The highest BCUT2D eigenvalue weighted by molar-refractivity contribution is 6.32. The number of pyridine rings is 1. The molecule has 1 fully saturated rings. The molecule has 0 radical (unpaired) electrons.